The summed E-state index contributed by atoms with van der Waals surface area (Å²) in [6.07, 6.45) is 1.88. The predicted octanol–water partition coefficient (Wildman–Crippen LogP) is 4.63. The molecule has 0 unspecified atom stereocenters. The van der Waals surface area contributed by atoms with Gasteiger partial charge in [0.15, 0.2) is 0 Å². The van der Waals surface area contributed by atoms with Gasteiger partial charge in [-0.05, 0) is 31.2 Å². The zero-order chi connectivity index (χ0) is 17.2. The largest absolute Gasteiger partial charge is 0.358 e. The smallest absolute Gasteiger partial charge is 0.272 e. The molecule has 4 heteroatoms. The van der Waals surface area contributed by atoms with Crippen molar-refractivity contribution in [3.8, 4) is 0 Å². The Bertz CT molecular complexity index is 991. The molecule has 0 saturated heterocycles. The highest BCUT2D eigenvalue weighted by molar-refractivity contribution is 5.86. The van der Waals surface area contributed by atoms with Crippen LogP contribution in [0.3, 0.4) is 0 Å². The Kier molecular flexibility index (Phi) is 3.94. The van der Waals surface area contributed by atoms with E-state index in [1.54, 1.807) is 0 Å². The third-order valence-corrected chi connectivity index (χ3v) is 4.44. The highest BCUT2D eigenvalue weighted by atomic mass is 19.1. The Labute approximate surface area is 145 Å². The van der Waals surface area contributed by atoms with Gasteiger partial charge in [0, 0.05) is 33.8 Å². The van der Waals surface area contributed by atoms with Gasteiger partial charge >= 0.3 is 0 Å². The van der Waals surface area contributed by atoms with Gasteiger partial charge in [0.2, 0.25) is 0 Å². The van der Waals surface area contributed by atoms with Crippen LogP contribution < -0.4 is 10.3 Å². The molecule has 0 aliphatic heterocycles. The molecule has 0 radical (unpaired) electrons. The van der Waals surface area contributed by atoms with Crippen molar-refractivity contribution in [2.45, 2.75) is 13.0 Å². The Hall–Kier alpha value is -3.14. The molecule has 1 atom stereocenters. The van der Waals surface area contributed by atoms with Crippen LogP contribution in [-0.4, -0.2) is 4.98 Å². The molecule has 2 aromatic carbocycles. The molecule has 25 heavy (non-hydrogen) atoms. The van der Waals surface area contributed by atoms with Crippen molar-refractivity contribution < 1.29 is 9.37 Å². The van der Waals surface area contributed by atoms with Crippen LogP contribution in [0.5, 0.6) is 0 Å². The molecule has 4 aromatic rings. The number of rotatable bonds is 4. The molecule has 3 nitrogen and oxygen atoms in total. The Morgan fingerprint density at radius 3 is 2.48 bits per heavy atom. The van der Waals surface area contributed by atoms with E-state index in [4.69, 9.17) is 0 Å². The highest BCUT2D eigenvalue weighted by Gasteiger charge is 2.25. The van der Waals surface area contributed by atoms with Crippen LogP contribution in [0, 0.1) is 12.7 Å². The molecule has 0 aliphatic carbocycles. The summed E-state index contributed by atoms with van der Waals surface area (Å²) < 4.78 is 13.4. The summed E-state index contributed by atoms with van der Waals surface area (Å²) in [7, 11) is 0. The summed E-state index contributed by atoms with van der Waals surface area (Å²) in [6, 6.07) is 20.7. The molecule has 0 aliphatic rings. The lowest BCUT2D eigenvalue weighted by Crippen LogP contribution is -2.19. The minimum atomic E-state index is -0.232. The van der Waals surface area contributed by atoms with E-state index >= 15 is 0 Å². The van der Waals surface area contributed by atoms with Crippen LogP contribution in [0.1, 0.15) is 22.9 Å². The molecule has 2 heterocycles. The molecule has 3 N–H and O–H groups in total. The van der Waals surface area contributed by atoms with Gasteiger partial charge in [0.1, 0.15) is 11.9 Å². The highest BCUT2D eigenvalue weighted by Crippen LogP contribution is 2.33. The number of nitrogens with one attached hydrogen (secondary N) is 3. The van der Waals surface area contributed by atoms with Crippen molar-refractivity contribution in [2.24, 2.45) is 0 Å². The van der Waals surface area contributed by atoms with E-state index in [1.165, 1.54) is 17.7 Å². The first-order valence-electron chi connectivity index (χ1n) is 8.28. The van der Waals surface area contributed by atoms with E-state index in [2.05, 4.69) is 34.3 Å². The second-order valence-electron chi connectivity index (χ2n) is 6.11. The van der Waals surface area contributed by atoms with E-state index in [0.29, 0.717) is 0 Å². The Morgan fingerprint density at radius 1 is 0.960 bits per heavy atom. The quantitative estimate of drug-likeness (QED) is 0.562. The number of aromatic nitrogens is 2. The zero-order valence-electron chi connectivity index (χ0n) is 13.9. The normalized spacial score (nSPS) is 12.2. The summed E-state index contributed by atoms with van der Waals surface area (Å²) in [5.41, 5.74) is 4.37. The van der Waals surface area contributed by atoms with E-state index in [9.17, 15) is 4.39 Å². The average molecular weight is 332 g/mol. The molecule has 0 fully saturated rings. The summed E-state index contributed by atoms with van der Waals surface area (Å²) in [5, 5.41) is 4.72. The first-order chi connectivity index (χ1) is 12.2. The Morgan fingerprint density at radius 2 is 1.72 bits per heavy atom. The number of pyridine rings is 1. The first-order valence-corrected chi connectivity index (χ1v) is 8.28. The van der Waals surface area contributed by atoms with E-state index in [-0.39, 0.29) is 11.9 Å². The summed E-state index contributed by atoms with van der Waals surface area (Å²) in [4.78, 5) is 6.66. The third-order valence-electron chi connectivity index (χ3n) is 4.44. The number of hydrogen-bond acceptors (Lipinski definition) is 1. The van der Waals surface area contributed by atoms with E-state index in [1.807, 2.05) is 48.7 Å². The lowest BCUT2D eigenvalue weighted by molar-refractivity contribution is -0.361. The molecule has 0 spiro atoms. The number of hydrogen-bond donors (Lipinski definition) is 2. The van der Waals surface area contributed by atoms with E-state index in [0.717, 1.165) is 28.0 Å². The second kappa shape index (κ2) is 6.40. The third kappa shape index (κ3) is 2.98. The fraction of sp³-hybridized carbons (Fsp3) is 0.0952. The lowest BCUT2D eigenvalue weighted by atomic mass is 9.96. The molecule has 2 aromatic heterocycles. The maximum atomic E-state index is 13.4. The minimum absolute atomic E-state index is 0.101. The number of aromatic amines is 2. The van der Waals surface area contributed by atoms with Gasteiger partial charge in [0.25, 0.3) is 5.82 Å². The van der Waals surface area contributed by atoms with Crippen LogP contribution in [-0.2, 0) is 0 Å². The molecular formula is C21H19FN3+. The first kappa shape index (κ1) is 15.4. The summed E-state index contributed by atoms with van der Waals surface area (Å²) in [6.45, 7) is 2.07. The number of aryl methyl sites for hydroxylation is 1. The monoisotopic (exact) mass is 332 g/mol. The van der Waals surface area contributed by atoms with Crippen LogP contribution in [0.4, 0.5) is 10.2 Å². The fourth-order valence-corrected chi connectivity index (χ4v) is 3.29. The van der Waals surface area contributed by atoms with Crippen molar-refractivity contribution in [3.05, 3.63) is 95.6 Å². The molecule has 0 amide bonds. The number of anilines is 1. The summed E-state index contributed by atoms with van der Waals surface area (Å²) >= 11 is 0. The van der Waals surface area contributed by atoms with Crippen molar-refractivity contribution in [1.29, 1.82) is 0 Å². The van der Waals surface area contributed by atoms with Gasteiger partial charge in [0.05, 0.1) is 6.20 Å². The number of para-hydroxylation sites is 1. The molecule has 0 bridgehead atoms. The van der Waals surface area contributed by atoms with Gasteiger partial charge in [-0.3, -0.25) is 5.32 Å². The van der Waals surface area contributed by atoms with E-state index < -0.39 is 0 Å². The molecule has 0 saturated carbocycles. The number of halogens is 1. The predicted molar refractivity (Wildman–Crippen MR) is 97.9 cm³/mol. The number of fused-ring (bicyclic) bond motifs is 1. The maximum Gasteiger partial charge on any atom is 0.272 e. The fourth-order valence-electron chi connectivity index (χ4n) is 3.29. The van der Waals surface area contributed by atoms with Gasteiger partial charge < -0.3 is 4.98 Å². The number of benzene rings is 2. The van der Waals surface area contributed by atoms with Crippen molar-refractivity contribution in [2.75, 3.05) is 5.32 Å². The van der Waals surface area contributed by atoms with Gasteiger partial charge in [-0.25, -0.2) is 9.37 Å². The summed E-state index contributed by atoms with van der Waals surface area (Å²) in [5.74, 6) is 0.672. The standard InChI is InChI=1S/C21H18FN3/c1-14-20(17-6-2-3-7-18(17)24-14)21(15-9-11-16(22)12-10-15)25-19-8-4-5-13-23-19/h2-13,21,24H,1H3,(H,23,25)/p+1/t21-/m0/s1. The van der Waals surface area contributed by atoms with Crippen LogP contribution in [0.2, 0.25) is 0 Å². The Balaban J connectivity index is 1.87. The van der Waals surface area contributed by atoms with Crippen molar-refractivity contribution in [1.82, 2.24) is 4.98 Å². The van der Waals surface area contributed by atoms with Gasteiger partial charge in [-0.15, -0.1) is 0 Å². The second-order valence-corrected chi connectivity index (χ2v) is 6.11. The molecular weight excluding hydrogens is 313 g/mol. The van der Waals surface area contributed by atoms with Crippen molar-refractivity contribution in [3.63, 3.8) is 0 Å². The maximum absolute atomic E-state index is 13.4. The number of H-pyrrole nitrogens is 2. The molecule has 4 rings (SSSR count). The lowest BCUT2D eigenvalue weighted by Gasteiger charge is -2.16. The van der Waals surface area contributed by atoms with Crippen LogP contribution in [0.15, 0.2) is 72.9 Å². The average Bonchev–Trinajstić information content (AvgIpc) is 2.97. The topological polar surface area (TPSA) is 42.0 Å². The van der Waals surface area contributed by atoms with Crippen LogP contribution in [0.25, 0.3) is 10.9 Å². The van der Waals surface area contributed by atoms with Gasteiger partial charge in [-0.2, -0.15) is 0 Å². The zero-order valence-corrected chi connectivity index (χ0v) is 13.9. The SMILES string of the molecule is Cc1[nH]c2ccccc2c1[C@@H](Nc1cccc[nH+]1)c1ccc(F)cc1. The van der Waals surface area contributed by atoms with Crippen LogP contribution >= 0.6 is 0 Å². The molecule has 124 valence electrons. The van der Waals surface area contributed by atoms with Crippen molar-refractivity contribution >= 4 is 16.7 Å². The minimum Gasteiger partial charge on any atom is -0.358 e. The van der Waals surface area contributed by atoms with Gasteiger partial charge in [-0.1, -0.05) is 36.4 Å².